The summed E-state index contributed by atoms with van der Waals surface area (Å²) in [7, 11) is 4.02. The van der Waals surface area contributed by atoms with E-state index in [9.17, 15) is 4.79 Å². The number of pyridine rings is 1. The van der Waals surface area contributed by atoms with E-state index in [0.717, 1.165) is 13.0 Å². The summed E-state index contributed by atoms with van der Waals surface area (Å²) in [5, 5.41) is 0.404. The number of hydrogen-bond donors (Lipinski definition) is 0. The fourth-order valence-electron chi connectivity index (χ4n) is 1.53. The standard InChI is InChI=1S/C12H18ClN3O/c1-10(17)16(9-5-8-15(2)3)12-7-4-6-11(13)14-12/h4,6-7H,5,8-9H2,1-3H3. The average Bonchev–Trinajstić information content (AvgIpc) is 2.23. The Balaban J connectivity index is 2.69. The summed E-state index contributed by atoms with van der Waals surface area (Å²) < 4.78 is 0. The fourth-order valence-corrected chi connectivity index (χ4v) is 1.69. The molecule has 0 aliphatic heterocycles. The summed E-state index contributed by atoms with van der Waals surface area (Å²) in [6.45, 7) is 3.13. The van der Waals surface area contributed by atoms with E-state index in [1.165, 1.54) is 6.92 Å². The number of aromatic nitrogens is 1. The summed E-state index contributed by atoms with van der Waals surface area (Å²) in [4.78, 5) is 19.4. The van der Waals surface area contributed by atoms with Gasteiger partial charge in [0.2, 0.25) is 5.91 Å². The molecule has 1 rings (SSSR count). The molecule has 94 valence electrons. The molecule has 0 saturated heterocycles. The number of amides is 1. The summed E-state index contributed by atoms with van der Waals surface area (Å²) in [6.07, 6.45) is 0.904. The quantitative estimate of drug-likeness (QED) is 0.756. The lowest BCUT2D eigenvalue weighted by atomic mass is 10.3. The van der Waals surface area contributed by atoms with E-state index in [1.54, 1.807) is 23.1 Å². The molecule has 17 heavy (non-hydrogen) atoms. The van der Waals surface area contributed by atoms with Gasteiger partial charge in [0, 0.05) is 13.5 Å². The van der Waals surface area contributed by atoms with Crippen molar-refractivity contribution in [3.63, 3.8) is 0 Å². The molecule has 0 unspecified atom stereocenters. The zero-order valence-electron chi connectivity index (χ0n) is 10.5. The van der Waals surface area contributed by atoms with E-state index in [2.05, 4.69) is 9.88 Å². The Labute approximate surface area is 107 Å². The van der Waals surface area contributed by atoms with Gasteiger partial charge in [-0.2, -0.15) is 0 Å². The van der Waals surface area contributed by atoms with E-state index in [0.29, 0.717) is 17.5 Å². The number of halogens is 1. The van der Waals surface area contributed by atoms with Crippen molar-refractivity contribution in [2.75, 3.05) is 32.1 Å². The van der Waals surface area contributed by atoms with Gasteiger partial charge in [-0.3, -0.25) is 9.69 Å². The highest BCUT2D eigenvalue weighted by Gasteiger charge is 2.12. The first kappa shape index (κ1) is 13.9. The highest BCUT2D eigenvalue weighted by atomic mass is 35.5. The molecular formula is C12H18ClN3O. The SMILES string of the molecule is CC(=O)N(CCCN(C)C)c1cccc(Cl)n1. The Hall–Kier alpha value is -1.13. The zero-order valence-corrected chi connectivity index (χ0v) is 11.2. The zero-order chi connectivity index (χ0) is 12.8. The normalized spacial score (nSPS) is 10.6. The van der Waals surface area contributed by atoms with Gasteiger partial charge in [0.1, 0.15) is 11.0 Å². The third-order valence-corrected chi connectivity index (χ3v) is 2.55. The predicted molar refractivity (Wildman–Crippen MR) is 70.4 cm³/mol. The molecule has 1 aromatic heterocycles. The fraction of sp³-hybridized carbons (Fsp3) is 0.500. The first-order valence-corrected chi connectivity index (χ1v) is 5.94. The number of hydrogen-bond acceptors (Lipinski definition) is 3. The number of nitrogens with zero attached hydrogens (tertiary/aromatic N) is 3. The minimum absolute atomic E-state index is 0.0153. The maximum Gasteiger partial charge on any atom is 0.225 e. The monoisotopic (exact) mass is 255 g/mol. The molecule has 0 saturated carbocycles. The highest BCUT2D eigenvalue weighted by Crippen LogP contribution is 2.15. The van der Waals surface area contributed by atoms with Crippen LogP contribution in [0.15, 0.2) is 18.2 Å². The molecule has 1 aromatic rings. The lowest BCUT2D eigenvalue weighted by molar-refractivity contribution is -0.116. The van der Waals surface area contributed by atoms with Crippen LogP contribution in [0.3, 0.4) is 0 Å². The predicted octanol–water partition coefficient (Wildman–Crippen LogP) is 2.04. The Morgan fingerprint density at radius 2 is 2.06 bits per heavy atom. The minimum Gasteiger partial charge on any atom is -0.309 e. The van der Waals surface area contributed by atoms with Gasteiger partial charge in [-0.1, -0.05) is 17.7 Å². The van der Waals surface area contributed by atoms with Crippen LogP contribution in [0, 0.1) is 0 Å². The van der Waals surface area contributed by atoms with Crippen molar-refractivity contribution in [3.8, 4) is 0 Å². The third-order valence-electron chi connectivity index (χ3n) is 2.34. The molecule has 0 aromatic carbocycles. The van der Waals surface area contributed by atoms with Gasteiger partial charge in [-0.25, -0.2) is 4.98 Å². The van der Waals surface area contributed by atoms with Gasteiger partial charge in [-0.15, -0.1) is 0 Å². The highest BCUT2D eigenvalue weighted by molar-refractivity contribution is 6.29. The van der Waals surface area contributed by atoms with Crippen molar-refractivity contribution in [2.45, 2.75) is 13.3 Å². The van der Waals surface area contributed by atoms with Crippen LogP contribution in [0.25, 0.3) is 0 Å². The Kier molecular flexibility index (Phi) is 5.38. The average molecular weight is 256 g/mol. The molecule has 0 aliphatic carbocycles. The largest absolute Gasteiger partial charge is 0.309 e. The maximum atomic E-state index is 11.6. The molecule has 0 spiro atoms. The molecule has 0 atom stereocenters. The first-order valence-electron chi connectivity index (χ1n) is 5.56. The molecular weight excluding hydrogens is 238 g/mol. The topological polar surface area (TPSA) is 36.4 Å². The molecule has 4 nitrogen and oxygen atoms in total. The lowest BCUT2D eigenvalue weighted by Crippen LogP contribution is -2.32. The summed E-state index contributed by atoms with van der Waals surface area (Å²) in [5.74, 6) is 0.599. The smallest absolute Gasteiger partial charge is 0.225 e. The van der Waals surface area contributed by atoms with Gasteiger partial charge >= 0.3 is 0 Å². The molecule has 0 radical (unpaired) electrons. The Bertz CT molecular complexity index is 382. The van der Waals surface area contributed by atoms with Crippen molar-refractivity contribution in [1.29, 1.82) is 0 Å². The van der Waals surface area contributed by atoms with Gasteiger partial charge in [0.05, 0.1) is 0 Å². The first-order chi connectivity index (χ1) is 8.00. The summed E-state index contributed by atoms with van der Waals surface area (Å²) >= 11 is 5.82. The Morgan fingerprint density at radius 1 is 1.35 bits per heavy atom. The van der Waals surface area contributed by atoms with Crippen LogP contribution in [-0.2, 0) is 4.79 Å². The van der Waals surface area contributed by atoms with Gasteiger partial charge in [0.25, 0.3) is 0 Å². The molecule has 0 bridgehead atoms. The summed E-state index contributed by atoms with van der Waals surface area (Å²) in [5.41, 5.74) is 0. The molecule has 1 heterocycles. The Morgan fingerprint density at radius 3 is 2.59 bits per heavy atom. The van der Waals surface area contributed by atoms with Gasteiger partial charge in [-0.05, 0) is 39.2 Å². The van der Waals surface area contributed by atoms with Crippen LogP contribution < -0.4 is 4.90 Å². The van der Waals surface area contributed by atoms with Crippen molar-refractivity contribution in [3.05, 3.63) is 23.4 Å². The van der Waals surface area contributed by atoms with E-state index < -0.39 is 0 Å². The second-order valence-corrected chi connectivity index (χ2v) is 4.53. The van der Waals surface area contributed by atoms with Gasteiger partial charge < -0.3 is 4.90 Å². The van der Waals surface area contributed by atoms with E-state index in [4.69, 9.17) is 11.6 Å². The van der Waals surface area contributed by atoms with Crippen LogP contribution in [0.1, 0.15) is 13.3 Å². The second kappa shape index (κ2) is 6.57. The third kappa shape index (κ3) is 4.71. The van der Waals surface area contributed by atoms with E-state index in [1.807, 2.05) is 14.1 Å². The van der Waals surface area contributed by atoms with Gasteiger partial charge in [0.15, 0.2) is 0 Å². The molecule has 0 aliphatic rings. The van der Waals surface area contributed by atoms with Crippen molar-refractivity contribution < 1.29 is 4.79 Å². The van der Waals surface area contributed by atoms with E-state index >= 15 is 0 Å². The van der Waals surface area contributed by atoms with Crippen molar-refractivity contribution in [2.24, 2.45) is 0 Å². The van der Waals surface area contributed by atoms with Crippen LogP contribution in [0.5, 0.6) is 0 Å². The van der Waals surface area contributed by atoms with Crippen LogP contribution in [0.2, 0.25) is 5.15 Å². The lowest BCUT2D eigenvalue weighted by Gasteiger charge is -2.21. The maximum absolute atomic E-state index is 11.6. The van der Waals surface area contributed by atoms with Crippen molar-refractivity contribution >= 4 is 23.3 Å². The molecule has 5 heteroatoms. The number of carbonyl (C=O) groups is 1. The number of carbonyl (C=O) groups excluding carboxylic acids is 1. The molecule has 0 fully saturated rings. The van der Waals surface area contributed by atoms with Crippen LogP contribution in [-0.4, -0.2) is 43.0 Å². The molecule has 1 amide bonds. The molecule has 0 N–H and O–H groups in total. The number of anilines is 1. The van der Waals surface area contributed by atoms with Crippen LogP contribution >= 0.6 is 11.6 Å². The second-order valence-electron chi connectivity index (χ2n) is 4.15. The van der Waals surface area contributed by atoms with E-state index in [-0.39, 0.29) is 5.91 Å². The number of rotatable bonds is 5. The minimum atomic E-state index is -0.0153. The summed E-state index contributed by atoms with van der Waals surface area (Å²) in [6, 6.07) is 5.29. The van der Waals surface area contributed by atoms with Crippen molar-refractivity contribution in [1.82, 2.24) is 9.88 Å². The van der Waals surface area contributed by atoms with Crippen LogP contribution in [0.4, 0.5) is 5.82 Å².